The summed E-state index contributed by atoms with van der Waals surface area (Å²) < 4.78 is 6.87. The van der Waals surface area contributed by atoms with Crippen LogP contribution in [0.1, 0.15) is 30.8 Å². The van der Waals surface area contributed by atoms with E-state index in [9.17, 15) is 9.90 Å². The van der Waals surface area contributed by atoms with Gasteiger partial charge < -0.3 is 15.2 Å². The quantitative estimate of drug-likeness (QED) is 0.581. The van der Waals surface area contributed by atoms with Gasteiger partial charge in [0.05, 0.1) is 17.5 Å². The average molecular weight is 428 g/mol. The first-order valence-electron chi connectivity index (χ1n) is 9.30. The fraction of sp³-hybridized carbons (Fsp3) is 0.238. The maximum absolute atomic E-state index is 11.8. The predicted octanol–water partition coefficient (Wildman–Crippen LogP) is 3.86. The Morgan fingerprint density at radius 2 is 2.00 bits per heavy atom. The molecule has 9 heteroatoms. The van der Waals surface area contributed by atoms with Gasteiger partial charge in [0.25, 0.3) is 0 Å². The molecule has 3 aromatic rings. The van der Waals surface area contributed by atoms with Gasteiger partial charge >= 0.3 is 6.09 Å². The van der Waals surface area contributed by atoms with E-state index in [1.54, 1.807) is 55.1 Å². The van der Waals surface area contributed by atoms with Crippen molar-refractivity contribution in [1.82, 2.24) is 20.1 Å². The molecule has 0 saturated heterocycles. The van der Waals surface area contributed by atoms with Crippen molar-refractivity contribution in [2.45, 2.75) is 26.9 Å². The van der Waals surface area contributed by atoms with Crippen LogP contribution >= 0.6 is 11.6 Å². The highest BCUT2D eigenvalue weighted by Gasteiger charge is 2.16. The van der Waals surface area contributed by atoms with E-state index in [1.165, 1.54) is 0 Å². The molecule has 8 nitrogen and oxygen atoms in total. The summed E-state index contributed by atoms with van der Waals surface area (Å²) in [6, 6.07) is 12.1. The Bertz CT molecular complexity index is 1060. The number of hydrogen-bond acceptors (Lipinski definition) is 6. The Hall–Kier alpha value is -3.39. The van der Waals surface area contributed by atoms with Crippen molar-refractivity contribution in [1.29, 1.82) is 0 Å². The van der Waals surface area contributed by atoms with Gasteiger partial charge in [0, 0.05) is 16.1 Å². The molecule has 2 aromatic carbocycles. The van der Waals surface area contributed by atoms with Gasteiger partial charge in [0.2, 0.25) is 0 Å². The molecule has 1 heterocycles. The van der Waals surface area contributed by atoms with Crippen LogP contribution < -0.4 is 5.32 Å². The van der Waals surface area contributed by atoms with Crippen molar-refractivity contribution in [3.63, 3.8) is 0 Å². The molecule has 0 aliphatic rings. The van der Waals surface area contributed by atoms with Crippen LogP contribution in [0.4, 0.5) is 4.79 Å². The summed E-state index contributed by atoms with van der Waals surface area (Å²) in [4.78, 5) is 16.4. The Morgan fingerprint density at radius 3 is 2.63 bits per heavy atom. The minimum atomic E-state index is -0.560. The molecule has 0 radical (unpaired) electrons. The third-order valence-corrected chi connectivity index (χ3v) is 4.39. The number of ether oxygens (including phenoxy) is 1. The smallest absolute Gasteiger partial charge is 0.408 e. The van der Waals surface area contributed by atoms with Crippen LogP contribution in [-0.2, 0) is 4.74 Å². The lowest BCUT2D eigenvalue weighted by Crippen LogP contribution is -2.27. The Kier molecular flexibility index (Phi) is 6.68. The highest BCUT2D eigenvalue weighted by molar-refractivity contribution is 6.30. The third kappa shape index (κ3) is 5.15. The fourth-order valence-electron chi connectivity index (χ4n) is 2.83. The van der Waals surface area contributed by atoms with E-state index in [0.717, 1.165) is 11.3 Å². The monoisotopic (exact) mass is 427 g/mol. The molecule has 0 bridgehead atoms. The van der Waals surface area contributed by atoms with Crippen molar-refractivity contribution >= 4 is 23.4 Å². The molecule has 0 fully saturated rings. The minimum Gasteiger partial charge on any atom is -0.508 e. The molecule has 0 unspecified atom stereocenters. The summed E-state index contributed by atoms with van der Waals surface area (Å²) in [5.41, 5.74) is 2.68. The van der Waals surface area contributed by atoms with E-state index in [2.05, 4.69) is 20.5 Å². The molecule has 0 spiro atoms. The second-order valence-electron chi connectivity index (χ2n) is 6.75. The molecular formula is C21H22ClN5O3. The Balaban J connectivity index is 2.05. The molecule has 1 amide bonds. The number of carbonyl (C=O) groups is 1. The summed E-state index contributed by atoms with van der Waals surface area (Å²) >= 11 is 6.04. The zero-order valence-electron chi connectivity index (χ0n) is 16.8. The van der Waals surface area contributed by atoms with E-state index in [4.69, 9.17) is 16.3 Å². The number of carbonyl (C=O) groups excluding carboxylic acids is 1. The number of benzene rings is 2. The van der Waals surface area contributed by atoms with Crippen molar-refractivity contribution in [3.05, 3.63) is 70.8 Å². The average Bonchev–Trinajstić information content (AvgIpc) is 3.11. The number of amides is 1. The molecule has 2 N–H and O–H groups in total. The van der Waals surface area contributed by atoms with E-state index < -0.39 is 6.09 Å². The second-order valence-corrected chi connectivity index (χ2v) is 7.19. The first kappa shape index (κ1) is 21.3. The number of aromatic nitrogens is 3. The maximum atomic E-state index is 11.8. The zero-order valence-corrected chi connectivity index (χ0v) is 17.6. The number of phenolic OH excluding ortho intramolecular Hbond substituents is 1. The second kappa shape index (κ2) is 9.41. The number of nitrogens with zero attached hydrogens (tertiary/aromatic N) is 4. The molecule has 3 rings (SSSR count). The van der Waals surface area contributed by atoms with E-state index in [0.29, 0.717) is 22.1 Å². The molecule has 30 heavy (non-hydrogen) atoms. The zero-order chi connectivity index (χ0) is 21.7. The van der Waals surface area contributed by atoms with Gasteiger partial charge in [-0.2, -0.15) is 0 Å². The number of aliphatic imine (C=N–C) groups is 1. The van der Waals surface area contributed by atoms with Crippen LogP contribution in [-0.4, -0.2) is 44.4 Å². The first-order valence-corrected chi connectivity index (χ1v) is 9.68. The highest BCUT2D eigenvalue weighted by atomic mass is 35.5. The topological polar surface area (TPSA) is 102 Å². The number of aryl methyl sites for hydroxylation is 1. The van der Waals surface area contributed by atoms with Crippen molar-refractivity contribution in [2.75, 3.05) is 6.67 Å². The summed E-state index contributed by atoms with van der Waals surface area (Å²) in [5, 5.41) is 21.3. The van der Waals surface area contributed by atoms with Gasteiger partial charge in [0.15, 0.2) is 0 Å². The standard InChI is InChI=1S/C21H22ClN5O3/c1-13(2)30-21(29)24-11-23-20(15-4-6-16(22)7-5-15)18-10-17(28)8-9-19(18)27-12-25-26-14(27)3/h4-10,12-13,28H,11H2,1-3H3,(H,24,29). The lowest BCUT2D eigenvalue weighted by Gasteiger charge is -2.15. The molecular weight excluding hydrogens is 406 g/mol. The molecule has 1 aromatic heterocycles. The third-order valence-electron chi connectivity index (χ3n) is 4.13. The SMILES string of the molecule is Cc1nncn1-c1ccc(O)cc1C(=NCNC(=O)OC(C)C)c1ccc(Cl)cc1. The van der Waals surface area contributed by atoms with Crippen molar-refractivity contribution in [2.24, 2.45) is 4.99 Å². The molecule has 0 aliphatic carbocycles. The number of halogens is 1. The van der Waals surface area contributed by atoms with Gasteiger partial charge in [-0.1, -0.05) is 23.7 Å². The van der Waals surface area contributed by atoms with Crippen LogP contribution in [0.15, 0.2) is 53.8 Å². The lowest BCUT2D eigenvalue weighted by atomic mass is 10.00. The molecule has 0 atom stereocenters. The Labute approximate surface area is 179 Å². The lowest BCUT2D eigenvalue weighted by molar-refractivity contribution is 0.116. The number of phenols is 1. The van der Waals surface area contributed by atoms with Gasteiger partial charge in [-0.05, 0) is 51.1 Å². The number of hydrogen-bond donors (Lipinski definition) is 2. The predicted molar refractivity (Wildman–Crippen MR) is 114 cm³/mol. The number of rotatable bonds is 6. The summed E-state index contributed by atoms with van der Waals surface area (Å²) in [6.45, 7) is 5.34. The summed E-state index contributed by atoms with van der Waals surface area (Å²) in [6.07, 6.45) is 0.789. The summed E-state index contributed by atoms with van der Waals surface area (Å²) in [7, 11) is 0. The van der Waals surface area contributed by atoms with E-state index in [-0.39, 0.29) is 18.5 Å². The number of aromatic hydroxyl groups is 1. The molecule has 0 saturated carbocycles. The molecule has 0 aliphatic heterocycles. The summed E-state index contributed by atoms with van der Waals surface area (Å²) in [5.74, 6) is 0.754. The van der Waals surface area contributed by atoms with Gasteiger partial charge in [0.1, 0.15) is 24.6 Å². The van der Waals surface area contributed by atoms with E-state index in [1.807, 2.05) is 19.1 Å². The highest BCUT2D eigenvalue weighted by Crippen LogP contribution is 2.25. The minimum absolute atomic E-state index is 0.0141. The van der Waals surface area contributed by atoms with Crippen LogP contribution in [0.25, 0.3) is 5.69 Å². The maximum Gasteiger partial charge on any atom is 0.408 e. The van der Waals surface area contributed by atoms with Crippen LogP contribution in [0.5, 0.6) is 5.75 Å². The normalized spacial score (nSPS) is 11.6. The van der Waals surface area contributed by atoms with Gasteiger partial charge in [-0.15, -0.1) is 10.2 Å². The van der Waals surface area contributed by atoms with Crippen molar-refractivity contribution in [3.8, 4) is 11.4 Å². The van der Waals surface area contributed by atoms with Crippen LogP contribution in [0.3, 0.4) is 0 Å². The number of alkyl carbamates (subject to hydrolysis) is 1. The molecule has 156 valence electrons. The van der Waals surface area contributed by atoms with Gasteiger partial charge in [-0.25, -0.2) is 4.79 Å². The number of nitrogens with one attached hydrogen (secondary N) is 1. The fourth-order valence-corrected chi connectivity index (χ4v) is 2.96. The Morgan fingerprint density at radius 1 is 1.27 bits per heavy atom. The largest absolute Gasteiger partial charge is 0.508 e. The van der Waals surface area contributed by atoms with Gasteiger partial charge in [-0.3, -0.25) is 9.56 Å². The first-order chi connectivity index (χ1) is 14.3. The van der Waals surface area contributed by atoms with E-state index >= 15 is 0 Å². The van der Waals surface area contributed by atoms with Crippen molar-refractivity contribution < 1.29 is 14.6 Å². The van der Waals surface area contributed by atoms with Crippen LogP contribution in [0.2, 0.25) is 5.02 Å². The van der Waals surface area contributed by atoms with Crippen LogP contribution in [0, 0.1) is 6.92 Å².